The van der Waals surface area contributed by atoms with Crippen molar-refractivity contribution >= 4 is 0 Å². The first-order valence-electron chi connectivity index (χ1n) is 13.3. The molecular formula is C30H50Mn. The average molecular weight is 466 g/mol. The fourth-order valence-electron chi connectivity index (χ4n) is 4.09. The number of hydrogen-bond acceptors (Lipinski definition) is 0. The summed E-state index contributed by atoms with van der Waals surface area (Å²) in [7, 11) is 0. The summed E-state index contributed by atoms with van der Waals surface area (Å²) in [5, 5.41) is 0. The van der Waals surface area contributed by atoms with Crippen molar-refractivity contribution in [1.29, 1.82) is 0 Å². The van der Waals surface area contributed by atoms with Crippen molar-refractivity contribution in [3.05, 3.63) is 59.7 Å². The van der Waals surface area contributed by atoms with Crippen LogP contribution in [0.2, 0.25) is 0 Å². The maximum Gasteiger partial charge on any atom is 2.00 e. The smallest absolute Gasteiger partial charge is 0.213 e. The Kier molecular flexibility index (Phi) is 23.3. The molecule has 31 heavy (non-hydrogen) atoms. The average Bonchev–Trinajstić information content (AvgIpc) is 3.47. The largest absolute Gasteiger partial charge is 2.00 e. The molecule has 2 rings (SSSR count). The van der Waals surface area contributed by atoms with Gasteiger partial charge in [0.2, 0.25) is 0 Å². The van der Waals surface area contributed by atoms with Crippen molar-refractivity contribution in [3.63, 3.8) is 0 Å². The van der Waals surface area contributed by atoms with E-state index >= 15 is 0 Å². The van der Waals surface area contributed by atoms with E-state index in [9.17, 15) is 0 Å². The molecule has 0 aliphatic carbocycles. The molecule has 0 aliphatic heterocycles. The van der Waals surface area contributed by atoms with E-state index in [1.807, 2.05) is 0 Å². The Balaban J connectivity index is 0.000000562. The van der Waals surface area contributed by atoms with Crippen molar-refractivity contribution in [2.75, 3.05) is 0 Å². The summed E-state index contributed by atoms with van der Waals surface area (Å²) < 4.78 is 0. The zero-order chi connectivity index (χ0) is 21.5. The van der Waals surface area contributed by atoms with Gasteiger partial charge < -0.3 is 0 Å². The van der Waals surface area contributed by atoms with Crippen molar-refractivity contribution in [1.82, 2.24) is 0 Å². The van der Waals surface area contributed by atoms with Gasteiger partial charge in [-0.15, -0.1) is 0 Å². The number of rotatable bonds is 18. The van der Waals surface area contributed by atoms with Gasteiger partial charge >= 0.3 is 17.1 Å². The van der Waals surface area contributed by atoms with Crippen LogP contribution in [-0.4, -0.2) is 0 Å². The standard InChI is InChI=1S/2C15H25.Mn/c2*1-2-3-4-5-6-7-8-9-12-15-13-10-11-14-15;/h2*10-11,13-14H,2-9,12H2,1H3;/q2*-1;+2. The fourth-order valence-corrected chi connectivity index (χ4v) is 4.09. The van der Waals surface area contributed by atoms with Gasteiger partial charge in [0.15, 0.2) is 0 Å². The van der Waals surface area contributed by atoms with Gasteiger partial charge in [0, 0.05) is 0 Å². The summed E-state index contributed by atoms with van der Waals surface area (Å²) in [6.07, 6.45) is 25.2. The summed E-state index contributed by atoms with van der Waals surface area (Å²) in [5.41, 5.74) is 3.03. The molecule has 0 fully saturated rings. The molecule has 2 aromatic rings. The predicted molar refractivity (Wildman–Crippen MR) is 137 cm³/mol. The monoisotopic (exact) mass is 465 g/mol. The van der Waals surface area contributed by atoms with E-state index in [1.165, 1.54) is 127 Å². The quantitative estimate of drug-likeness (QED) is 0.117. The zero-order valence-corrected chi connectivity index (χ0v) is 21.9. The summed E-state index contributed by atoms with van der Waals surface area (Å²) in [4.78, 5) is 0. The molecular weight excluding hydrogens is 415 g/mol. The van der Waals surface area contributed by atoms with E-state index in [4.69, 9.17) is 0 Å². The van der Waals surface area contributed by atoms with Crippen LogP contribution in [0.4, 0.5) is 0 Å². The number of unbranched alkanes of at least 4 members (excludes halogenated alkanes) is 14. The molecule has 0 heterocycles. The third-order valence-electron chi connectivity index (χ3n) is 6.10. The van der Waals surface area contributed by atoms with Gasteiger partial charge in [0.25, 0.3) is 0 Å². The van der Waals surface area contributed by atoms with Gasteiger partial charge in [-0.2, -0.15) is 35.4 Å². The van der Waals surface area contributed by atoms with Gasteiger partial charge in [0.05, 0.1) is 0 Å². The molecule has 0 N–H and O–H groups in total. The van der Waals surface area contributed by atoms with E-state index in [0.29, 0.717) is 0 Å². The van der Waals surface area contributed by atoms with E-state index < -0.39 is 0 Å². The van der Waals surface area contributed by atoms with Crippen LogP contribution in [0.1, 0.15) is 128 Å². The van der Waals surface area contributed by atoms with Gasteiger partial charge in [-0.25, -0.2) is 24.3 Å². The molecule has 0 nitrogen and oxygen atoms in total. The summed E-state index contributed by atoms with van der Waals surface area (Å²) in [6, 6.07) is 17.5. The SMILES string of the molecule is CCCCCCCCCC[c-]1cccc1.CCCCCCCCCC[c-]1cccc1.[Mn+2]. The Morgan fingerprint density at radius 2 is 0.645 bits per heavy atom. The van der Waals surface area contributed by atoms with Crippen LogP contribution >= 0.6 is 0 Å². The Morgan fingerprint density at radius 1 is 0.387 bits per heavy atom. The van der Waals surface area contributed by atoms with Gasteiger partial charge in [-0.05, 0) is 0 Å². The Morgan fingerprint density at radius 3 is 0.935 bits per heavy atom. The van der Waals surface area contributed by atoms with Crippen LogP contribution in [0, 0.1) is 0 Å². The third kappa shape index (κ3) is 19.6. The predicted octanol–water partition coefficient (Wildman–Crippen LogP) is 10.2. The van der Waals surface area contributed by atoms with Crippen LogP contribution in [-0.2, 0) is 29.9 Å². The second-order valence-corrected chi connectivity index (χ2v) is 9.04. The summed E-state index contributed by atoms with van der Waals surface area (Å²) in [6.45, 7) is 4.56. The number of hydrogen-bond donors (Lipinski definition) is 0. The van der Waals surface area contributed by atoms with E-state index in [1.54, 1.807) is 0 Å². The minimum Gasteiger partial charge on any atom is -0.213 e. The van der Waals surface area contributed by atoms with Crippen LogP contribution in [0.25, 0.3) is 0 Å². The fraction of sp³-hybridized carbons (Fsp3) is 0.667. The topological polar surface area (TPSA) is 0 Å². The maximum absolute atomic E-state index is 2.28. The molecule has 177 valence electrons. The zero-order valence-electron chi connectivity index (χ0n) is 20.7. The van der Waals surface area contributed by atoms with Crippen molar-refractivity contribution in [2.45, 2.75) is 129 Å². The Hall–Kier alpha value is -0.781. The van der Waals surface area contributed by atoms with Crippen LogP contribution in [0.15, 0.2) is 48.5 Å². The minimum absolute atomic E-state index is 0. The molecule has 2 aromatic carbocycles. The summed E-state index contributed by atoms with van der Waals surface area (Å²) >= 11 is 0. The molecule has 1 radical (unpaired) electrons. The molecule has 0 bridgehead atoms. The van der Waals surface area contributed by atoms with Gasteiger partial charge in [0.1, 0.15) is 0 Å². The second kappa shape index (κ2) is 23.9. The molecule has 0 aliphatic rings. The second-order valence-electron chi connectivity index (χ2n) is 9.04. The Bertz CT molecular complexity index is 473. The third-order valence-corrected chi connectivity index (χ3v) is 6.10. The molecule has 1 heteroatoms. The minimum atomic E-state index is 0. The first-order valence-corrected chi connectivity index (χ1v) is 13.3. The van der Waals surface area contributed by atoms with Crippen LogP contribution in [0.3, 0.4) is 0 Å². The van der Waals surface area contributed by atoms with Crippen LogP contribution < -0.4 is 0 Å². The molecule has 0 atom stereocenters. The molecule has 0 aromatic heterocycles. The Labute approximate surface area is 205 Å². The first-order chi connectivity index (χ1) is 14.9. The summed E-state index contributed by atoms with van der Waals surface area (Å²) in [5.74, 6) is 0. The van der Waals surface area contributed by atoms with Crippen molar-refractivity contribution in [3.8, 4) is 0 Å². The molecule has 0 saturated heterocycles. The maximum atomic E-state index is 2.28. The normalized spacial score (nSPS) is 10.4. The van der Waals surface area contributed by atoms with Gasteiger partial charge in [-0.3, -0.25) is 0 Å². The molecule has 0 unspecified atom stereocenters. The molecule has 0 spiro atoms. The number of aryl methyl sites for hydroxylation is 2. The van der Waals surface area contributed by atoms with E-state index in [0.717, 1.165) is 0 Å². The first kappa shape index (κ1) is 30.2. The van der Waals surface area contributed by atoms with Crippen LogP contribution in [0.5, 0.6) is 0 Å². The van der Waals surface area contributed by atoms with E-state index in [-0.39, 0.29) is 17.1 Å². The van der Waals surface area contributed by atoms with Gasteiger partial charge in [-0.1, -0.05) is 129 Å². The van der Waals surface area contributed by atoms with Crippen molar-refractivity contribution in [2.24, 2.45) is 0 Å². The van der Waals surface area contributed by atoms with Crippen molar-refractivity contribution < 1.29 is 17.1 Å². The van der Waals surface area contributed by atoms with E-state index in [2.05, 4.69) is 62.4 Å². The molecule has 0 amide bonds. The molecule has 0 saturated carbocycles.